The van der Waals surface area contributed by atoms with E-state index in [0.29, 0.717) is 22.6 Å². The maximum absolute atomic E-state index is 12.9. The maximum atomic E-state index is 12.9. The first-order valence-corrected chi connectivity index (χ1v) is 9.14. The molecule has 0 spiro atoms. The number of amides is 1. The first kappa shape index (κ1) is 16.1. The summed E-state index contributed by atoms with van der Waals surface area (Å²) >= 11 is 0. The number of carbonyl (C=O) groups excluding carboxylic acids is 1. The van der Waals surface area contributed by atoms with Crippen LogP contribution in [0.3, 0.4) is 0 Å². The van der Waals surface area contributed by atoms with Crippen molar-refractivity contribution in [1.82, 2.24) is 20.3 Å². The maximum Gasteiger partial charge on any atom is 0.281 e. The van der Waals surface area contributed by atoms with Crippen LogP contribution < -0.4 is 5.32 Å². The van der Waals surface area contributed by atoms with Gasteiger partial charge in [-0.3, -0.25) is 4.79 Å². The van der Waals surface area contributed by atoms with Crippen molar-refractivity contribution in [1.29, 1.82) is 0 Å². The lowest BCUT2D eigenvalue weighted by molar-refractivity contribution is 0.0914. The molecule has 0 aliphatic heterocycles. The van der Waals surface area contributed by atoms with Crippen molar-refractivity contribution < 1.29 is 4.79 Å². The highest BCUT2D eigenvalue weighted by atomic mass is 16.1. The van der Waals surface area contributed by atoms with Crippen LogP contribution in [0.2, 0.25) is 0 Å². The highest BCUT2D eigenvalue weighted by molar-refractivity contribution is 6.04. The van der Waals surface area contributed by atoms with Crippen molar-refractivity contribution in [3.05, 3.63) is 28.5 Å². The topological polar surface area (TPSA) is 75.0 Å². The first-order valence-electron chi connectivity index (χ1n) is 9.14. The van der Waals surface area contributed by atoms with Crippen LogP contribution in [-0.2, 0) is 0 Å². The molecular formula is C19H24N5O+. The molecule has 4 rings (SSSR count). The van der Waals surface area contributed by atoms with Gasteiger partial charge in [-0.05, 0) is 32.6 Å². The van der Waals surface area contributed by atoms with Crippen LogP contribution >= 0.6 is 0 Å². The second-order valence-corrected chi connectivity index (χ2v) is 7.36. The van der Waals surface area contributed by atoms with Crippen LogP contribution in [0.4, 0.5) is 0 Å². The van der Waals surface area contributed by atoms with Gasteiger partial charge in [0, 0.05) is 18.2 Å². The van der Waals surface area contributed by atoms with E-state index >= 15 is 0 Å². The third kappa shape index (κ3) is 2.88. The molecule has 2 N–H and O–H groups in total. The van der Waals surface area contributed by atoms with E-state index < -0.39 is 0 Å². The molecule has 0 radical (unpaired) electrons. The molecule has 2 aliphatic carbocycles. The summed E-state index contributed by atoms with van der Waals surface area (Å²) < 4.78 is 0. The van der Waals surface area contributed by atoms with Gasteiger partial charge in [0.15, 0.2) is 5.65 Å². The number of aromatic nitrogens is 3. The van der Waals surface area contributed by atoms with Crippen molar-refractivity contribution in [2.24, 2.45) is 5.41 Å². The van der Waals surface area contributed by atoms with Crippen molar-refractivity contribution in [3.8, 4) is 6.07 Å². The van der Waals surface area contributed by atoms with Crippen LogP contribution in [-0.4, -0.2) is 33.9 Å². The van der Waals surface area contributed by atoms with Crippen molar-refractivity contribution in [2.75, 3.05) is 7.05 Å². The Hall–Kier alpha value is -2.42. The van der Waals surface area contributed by atoms with E-state index in [2.05, 4.69) is 38.1 Å². The quantitative estimate of drug-likeness (QED) is 0.896. The smallest absolute Gasteiger partial charge is 0.281 e. The summed E-state index contributed by atoms with van der Waals surface area (Å²) in [5, 5.41) is 3.16. The van der Waals surface area contributed by atoms with E-state index in [1.165, 1.54) is 0 Å². The Kier molecular flexibility index (Phi) is 3.95. The number of H-pyrrole nitrogens is 1. The van der Waals surface area contributed by atoms with Gasteiger partial charge in [0.1, 0.15) is 10.9 Å². The van der Waals surface area contributed by atoms with Gasteiger partial charge < -0.3 is 10.3 Å². The van der Waals surface area contributed by atoms with Gasteiger partial charge in [-0.25, -0.2) is 9.97 Å². The van der Waals surface area contributed by atoms with E-state index in [-0.39, 0.29) is 17.4 Å². The summed E-state index contributed by atoms with van der Waals surface area (Å²) in [6.07, 6.45) is 10.2. The van der Waals surface area contributed by atoms with Gasteiger partial charge in [-0.2, -0.15) is 0 Å². The second kappa shape index (κ2) is 6.14. The molecule has 1 atom stereocenters. The number of nitrogens with zero attached hydrogens (tertiary/aromatic N) is 3. The summed E-state index contributed by atoms with van der Waals surface area (Å²) in [7, 11) is 1.75. The molecule has 2 aromatic rings. The average molecular weight is 338 g/mol. The molecule has 2 aromatic heterocycles. The number of fused-ring (bicyclic) bond motifs is 1. The fourth-order valence-electron chi connectivity index (χ4n) is 3.94. The Morgan fingerprint density at radius 1 is 1.44 bits per heavy atom. The Morgan fingerprint density at radius 3 is 2.88 bits per heavy atom. The highest BCUT2D eigenvalue weighted by Crippen LogP contribution is 2.41. The summed E-state index contributed by atoms with van der Waals surface area (Å²) in [6.45, 7) is 2.05. The number of hydrogen-bond donors (Lipinski definition) is 2. The molecular weight excluding hydrogens is 314 g/mol. The predicted molar refractivity (Wildman–Crippen MR) is 96.9 cm³/mol. The summed E-state index contributed by atoms with van der Waals surface area (Å²) in [6, 6.07) is 3.23. The molecule has 0 bridgehead atoms. The molecule has 25 heavy (non-hydrogen) atoms. The molecule has 1 amide bonds. The van der Waals surface area contributed by atoms with Gasteiger partial charge in [0.05, 0.1) is 17.5 Å². The van der Waals surface area contributed by atoms with Crippen LogP contribution in [0.25, 0.3) is 16.0 Å². The number of hydrogen-bond acceptors (Lipinski definition) is 3. The van der Waals surface area contributed by atoms with Gasteiger partial charge in [0.25, 0.3) is 19.0 Å². The monoisotopic (exact) mass is 338 g/mol. The fraction of sp³-hybridized carbons (Fsp3) is 0.579. The molecule has 6 heteroatoms. The normalized spacial score (nSPS) is 20.1. The zero-order valence-electron chi connectivity index (χ0n) is 14.8. The zero-order chi connectivity index (χ0) is 17.4. The summed E-state index contributed by atoms with van der Waals surface area (Å²) in [5.74, 6) is 0.406. The zero-order valence-corrected chi connectivity index (χ0v) is 14.8. The second-order valence-electron chi connectivity index (χ2n) is 7.36. The lowest BCUT2D eigenvalue weighted by Gasteiger charge is -2.26. The summed E-state index contributed by atoms with van der Waals surface area (Å²) in [5.41, 5.74) is 2.75. The van der Waals surface area contributed by atoms with Crippen molar-refractivity contribution in [2.45, 2.75) is 57.4 Å². The van der Waals surface area contributed by atoms with Crippen molar-refractivity contribution >= 4 is 17.1 Å². The van der Waals surface area contributed by atoms with Gasteiger partial charge in [-0.1, -0.05) is 17.7 Å². The Balaban J connectivity index is 1.59. The van der Waals surface area contributed by atoms with Crippen LogP contribution in [0, 0.1) is 11.5 Å². The minimum atomic E-state index is -0.151. The standard InChI is InChI=1S/C19H23N5O/c1-12(19(11-20-2)7-3-4-8-19)23-18(25)14-9-21-17-16(14)24-15(10-22-17)13-5-6-13/h9-10,12-13H,3-8H2,1-2H3,(H-,21,22,23,24,25)/p+1. The van der Waals surface area contributed by atoms with Crippen LogP contribution in [0.5, 0.6) is 0 Å². The fourth-order valence-corrected chi connectivity index (χ4v) is 3.94. The van der Waals surface area contributed by atoms with E-state index in [9.17, 15) is 4.79 Å². The summed E-state index contributed by atoms with van der Waals surface area (Å²) in [4.78, 5) is 29.2. The lowest BCUT2D eigenvalue weighted by Crippen LogP contribution is -2.44. The lowest BCUT2D eigenvalue weighted by atomic mass is 9.80. The third-order valence-corrected chi connectivity index (χ3v) is 5.65. The molecule has 2 aliphatic rings. The van der Waals surface area contributed by atoms with Crippen LogP contribution in [0.15, 0.2) is 12.4 Å². The van der Waals surface area contributed by atoms with E-state index in [1.807, 2.05) is 6.20 Å². The Bertz CT molecular complexity index is 865. The third-order valence-electron chi connectivity index (χ3n) is 5.65. The molecule has 130 valence electrons. The Labute approximate surface area is 147 Å². The SMILES string of the molecule is C[N+]#CC1(C(C)NC(=O)c2c[nH]c3ncc(C4CC4)nc23)CCCC1. The number of carbonyl (C=O) groups is 1. The Morgan fingerprint density at radius 2 is 2.20 bits per heavy atom. The molecule has 1 unspecified atom stereocenters. The predicted octanol–water partition coefficient (Wildman–Crippen LogP) is 3.48. The number of aromatic amines is 1. The van der Waals surface area contributed by atoms with Gasteiger partial charge >= 0.3 is 0 Å². The molecule has 0 aromatic carbocycles. The minimum absolute atomic E-state index is 0.0178. The van der Waals surface area contributed by atoms with E-state index in [0.717, 1.165) is 44.2 Å². The average Bonchev–Trinajstić information content (AvgIpc) is 3.19. The minimum Gasteiger partial charge on any atom is -0.348 e. The van der Waals surface area contributed by atoms with Gasteiger partial charge in [0.2, 0.25) is 0 Å². The van der Waals surface area contributed by atoms with Gasteiger partial charge in [-0.15, -0.1) is 0 Å². The number of rotatable bonds is 4. The largest absolute Gasteiger partial charge is 0.348 e. The van der Waals surface area contributed by atoms with Crippen LogP contribution in [0.1, 0.15) is 67.4 Å². The molecule has 0 saturated heterocycles. The van der Waals surface area contributed by atoms with E-state index in [4.69, 9.17) is 0 Å². The van der Waals surface area contributed by atoms with E-state index in [1.54, 1.807) is 13.2 Å². The van der Waals surface area contributed by atoms with Crippen molar-refractivity contribution in [3.63, 3.8) is 0 Å². The molecule has 2 saturated carbocycles. The first-order chi connectivity index (χ1) is 12.1. The highest BCUT2D eigenvalue weighted by Gasteiger charge is 2.44. The molecule has 2 fully saturated rings. The molecule has 6 nitrogen and oxygen atoms in total. The number of nitrogens with one attached hydrogen (secondary N) is 2. The molecule has 2 heterocycles.